The van der Waals surface area contributed by atoms with Crippen LogP contribution in [0.4, 0.5) is 13.2 Å². The molecule has 1 aliphatic heterocycles. The quantitative estimate of drug-likeness (QED) is 0.808. The number of hydrogen-bond acceptors (Lipinski definition) is 3. The highest BCUT2D eigenvalue weighted by molar-refractivity contribution is 7.91. The third-order valence-electron chi connectivity index (χ3n) is 4.10. The van der Waals surface area contributed by atoms with Crippen LogP contribution in [0.3, 0.4) is 0 Å². The Balaban J connectivity index is 2.28. The second kappa shape index (κ2) is 7.13. The predicted molar refractivity (Wildman–Crippen MR) is 84.4 cm³/mol. The average molecular weight is 363 g/mol. The van der Waals surface area contributed by atoms with Gasteiger partial charge in [0.15, 0.2) is 9.84 Å². The molecule has 0 spiro atoms. The van der Waals surface area contributed by atoms with E-state index in [1.54, 1.807) is 0 Å². The van der Waals surface area contributed by atoms with Gasteiger partial charge in [0.25, 0.3) is 5.91 Å². The van der Waals surface area contributed by atoms with E-state index in [1.165, 1.54) is 17.0 Å². The van der Waals surface area contributed by atoms with Crippen LogP contribution in [-0.4, -0.2) is 43.3 Å². The summed E-state index contributed by atoms with van der Waals surface area (Å²) in [4.78, 5) is 14.1. The summed E-state index contributed by atoms with van der Waals surface area (Å²) in [7, 11) is -3.19. The van der Waals surface area contributed by atoms with E-state index < -0.39 is 33.5 Å². The fraction of sp³-hybridized carbons (Fsp3) is 0.562. The van der Waals surface area contributed by atoms with Crippen molar-refractivity contribution in [2.45, 2.75) is 38.4 Å². The number of rotatable bonds is 5. The first-order chi connectivity index (χ1) is 11.1. The van der Waals surface area contributed by atoms with Crippen LogP contribution in [0.15, 0.2) is 24.3 Å². The van der Waals surface area contributed by atoms with E-state index in [0.29, 0.717) is 19.4 Å². The zero-order valence-electron chi connectivity index (χ0n) is 13.3. The topological polar surface area (TPSA) is 54.5 Å². The van der Waals surface area contributed by atoms with E-state index >= 15 is 0 Å². The van der Waals surface area contributed by atoms with Crippen LogP contribution >= 0.6 is 0 Å². The van der Waals surface area contributed by atoms with Crippen LogP contribution in [0, 0.1) is 0 Å². The Morgan fingerprint density at radius 3 is 2.58 bits per heavy atom. The van der Waals surface area contributed by atoms with Crippen LogP contribution in [0.5, 0.6) is 0 Å². The van der Waals surface area contributed by atoms with Crippen molar-refractivity contribution in [3.05, 3.63) is 35.4 Å². The normalized spacial score (nSPS) is 20.1. The van der Waals surface area contributed by atoms with Crippen LogP contribution < -0.4 is 0 Å². The number of nitrogens with zero attached hydrogens (tertiary/aromatic N) is 1. The first kappa shape index (κ1) is 18.8. The molecule has 0 aromatic heterocycles. The third kappa shape index (κ3) is 4.49. The standard InChI is InChI=1S/C16H20F3NO3S/c1-2-3-8-20(14-7-9-24(22,23)11-14)15(21)12-5-4-6-13(10-12)16(17,18)19/h4-6,10,14H,2-3,7-9,11H2,1H3/t14-/m0/s1. The van der Waals surface area contributed by atoms with Crippen molar-refractivity contribution in [2.24, 2.45) is 0 Å². The molecule has 0 aliphatic carbocycles. The van der Waals surface area contributed by atoms with Crippen molar-refractivity contribution in [2.75, 3.05) is 18.1 Å². The smallest absolute Gasteiger partial charge is 0.335 e. The molecular formula is C16H20F3NO3S. The number of carbonyl (C=O) groups excluding carboxylic acids is 1. The summed E-state index contributed by atoms with van der Waals surface area (Å²) in [5.74, 6) is -0.658. The molecule has 24 heavy (non-hydrogen) atoms. The lowest BCUT2D eigenvalue weighted by molar-refractivity contribution is -0.137. The number of amides is 1. The number of benzene rings is 1. The Morgan fingerprint density at radius 1 is 1.33 bits per heavy atom. The van der Waals surface area contributed by atoms with E-state index in [2.05, 4.69) is 0 Å². The first-order valence-corrected chi connectivity index (χ1v) is 9.65. The molecule has 1 fully saturated rings. The number of carbonyl (C=O) groups is 1. The Morgan fingerprint density at radius 2 is 2.04 bits per heavy atom. The van der Waals surface area contributed by atoms with Gasteiger partial charge >= 0.3 is 6.18 Å². The van der Waals surface area contributed by atoms with Crippen LogP contribution in [0.2, 0.25) is 0 Å². The van der Waals surface area contributed by atoms with Gasteiger partial charge in [-0.1, -0.05) is 19.4 Å². The van der Waals surface area contributed by atoms with Crippen LogP contribution in [0.25, 0.3) is 0 Å². The molecule has 1 amide bonds. The zero-order chi connectivity index (χ0) is 18.0. The van der Waals surface area contributed by atoms with Crippen molar-refractivity contribution in [1.29, 1.82) is 0 Å². The van der Waals surface area contributed by atoms with Gasteiger partial charge in [0.2, 0.25) is 0 Å². The number of unbranched alkanes of at least 4 members (excludes halogenated alkanes) is 1. The van der Waals surface area contributed by atoms with Crippen molar-refractivity contribution in [1.82, 2.24) is 4.90 Å². The maximum atomic E-state index is 12.8. The number of sulfone groups is 1. The summed E-state index contributed by atoms with van der Waals surface area (Å²) in [6.45, 7) is 2.27. The molecule has 1 aliphatic rings. The summed E-state index contributed by atoms with van der Waals surface area (Å²) < 4.78 is 61.9. The molecule has 0 unspecified atom stereocenters. The Kier molecular flexibility index (Phi) is 5.57. The lowest BCUT2D eigenvalue weighted by Crippen LogP contribution is -2.41. The van der Waals surface area contributed by atoms with Gasteiger partial charge in [0.1, 0.15) is 0 Å². The minimum absolute atomic E-state index is 0.0101. The molecule has 0 saturated carbocycles. The van der Waals surface area contributed by atoms with Gasteiger partial charge in [-0.3, -0.25) is 4.79 Å². The molecule has 1 aromatic rings. The number of halogens is 3. The fourth-order valence-corrected chi connectivity index (χ4v) is 4.52. The molecule has 0 N–H and O–H groups in total. The molecule has 134 valence electrons. The van der Waals surface area contributed by atoms with E-state index in [1.807, 2.05) is 6.92 Å². The first-order valence-electron chi connectivity index (χ1n) is 7.82. The molecule has 1 heterocycles. The highest BCUT2D eigenvalue weighted by atomic mass is 32.2. The highest BCUT2D eigenvalue weighted by Gasteiger charge is 2.36. The van der Waals surface area contributed by atoms with Crippen LogP contribution in [0.1, 0.15) is 42.1 Å². The van der Waals surface area contributed by atoms with Crippen molar-refractivity contribution in [3.8, 4) is 0 Å². The average Bonchev–Trinajstić information content (AvgIpc) is 2.86. The van der Waals surface area contributed by atoms with Gasteiger partial charge in [-0.05, 0) is 31.0 Å². The maximum Gasteiger partial charge on any atom is 0.416 e. The molecule has 1 saturated heterocycles. The summed E-state index contributed by atoms with van der Waals surface area (Å²) in [6.07, 6.45) is -2.73. The van der Waals surface area contributed by atoms with E-state index in [0.717, 1.165) is 18.6 Å². The van der Waals surface area contributed by atoms with E-state index in [4.69, 9.17) is 0 Å². The SMILES string of the molecule is CCCCN(C(=O)c1cccc(C(F)(F)F)c1)[C@H]1CCS(=O)(=O)C1. The van der Waals surface area contributed by atoms with Gasteiger partial charge in [0, 0.05) is 18.2 Å². The molecule has 2 rings (SSSR count). The van der Waals surface area contributed by atoms with Gasteiger partial charge in [-0.2, -0.15) is 13.2 Å². The molecule has 1 atom stereocenters. The Hall–Kier alpha value is -1.57. The fourth-order valence-electron chi connectivity index (χ4n) is 2.79. The monoisotopic (exact) mass is 363 g/mol. The van der Waals surface area contributed by atoms with E-state index in [9.17, 15) is 26.4 Å². The number of alkyl halides is 3. The van der Waals surface area contributed by atoms with Gasteiger partial charge in [-0.25, -0.2) is 8.42 Å². The molecule has 0 radical (unpaired) electrons. The van der Waals surface area contributed by atoms with Gasteiger partial charge in [-0.15, -0.1) is 0 Å². The minimum Gasteiger partial charge on any atom is -0.335 e. The number of hydrogen-bond donors (Lipinski definition) is 0. The molecule has 8 heteroatoms. The highest BCUT2D eigenvalue weighted by Crippen LogP contribution is 2.30. The largest absolute Gasteiger partial charge is 0.416 e. The van der Waals surface area contributed by atoms with Crippen molar-refractivity contribution >= 4 is 15.7 Å². The molecular weight excluding hydrogens is 343 g/mol. The second-order valence-corrected chi connectivity index (χ2v) is 8.22. The molecule has 1 aromatic carbocycles. The predicted octanol–water partition coefficient (Wildman–Crippen LogP) is 3.13. The molecule has 4 nitrogen and oxygen atoms in total. The summed E-state index contributed by atoms with van der Waals surface area (Å²) in [6, 6.07) is 3.79. The molecule has 0 bridgehead atoms. The summed E-state index contributed by atoms with van der Waals surface area (Å²) >= 11 is 0. The summed E-state index contributed by atoms with van der Waals surface area (Å²) in [5.41, 5.74) is -0.951. The lowest BCUT2D eigenvalue weighted by Gasteiger charge is -2.28. The zero-order valence-corrected chi connectivity index (χ0v) is 14.2. The second-order valence-electron chi connectivity index (χ2n) is 5.99. The van der Waals surface area contributed by atoms with E-state index in [-0.39, 0.29) is 17.1 Å². The Labute approximate surface area is 139 Å². The maximum absolute atomic E-state index is 12.8. The van der Waals surface area contributed by atoms with Crippen LogP contribution in [-0.2, 0) is 16.0 Å². The lowest BCUT2D eigenvalue weighted by atomic mass is 10.1. The van der Waals surface area contributed by atoms with Crippen molar-refractivity contribution < 1.29 is 26.4 Å². The van der Waals surface area contributed by atoms with Crippen molar-refractivity contribution in [3.63, 3.8) is 0 Å². The summed E-state index contributed by atoms with van der Waals surface area (Å²) in [5, 5.41) is 0. The Bertz CT molecular complexity index is 701. The van der Waals surface area contributed by atoms with Gasteiger partial charge in [0.05, 0.1) is 17.1 Å². The third-order valence-corrected chi connectivity index (χ3v) is 5.85. The van der Waals surface area contributed by atoms with Gasteiger partial charge < -0.3 is 4.90 Å². The minimum atomic E-state index is -4.53.